The molecule has 1 aromatic heterocycles. The minimum atomic E-state index is -0.0280. The lowest BCUT2D eigenvalue weighted by Gasteiger charge is -2.10. The van der Waals surface area contributed by atoms with E-state index in [4.69, 9.17) is 0 Å². The Morgan fingerprint density at radius 3 is 2.38 bits per heavy atom. The summed E-state index contributed by atoms with van der Waals surface area (Å²) >= 11 is 0. The number of hydrogen-bond donors (Lipinski definition) is 2. The molecule has 2 rings (SSSR count). The Labute approximate surface area is 125 Å². The van der Waals surface area contributed by atoms with E-state index in [1.807, 2.05) is 24.3 Å². The van der Waals surface area contributed by atoms with E-state index in [1.165, 1.54) is 5.56 Å². The highest BCUT2D eigenvalue weighted by atomic mass is 16.1. The lowest BCUT2D eigenvalue weighted by molar-refractivity contribution is -0.119. The third kappa shape index (κ3) is 4.91. The van der Waals surface area contributed by atoms with Gasteiger partial charge in [0, 0.05) is 24.6 Å². The van der Waals surface area contributed by atoms with Crippen LogP contribution in [0.2, 0.25) is 0 Å². The molecular weight excluding hydrogens is 262 g/mol. The second-order valence-electron chi connectivity index (χ2n) is 5.26. The van der Waals surface area contributed by atoms with Gasteiger partial charge in [0.15, 0.2) is 0 Å². The summed E-state index contributed by atoms with van der Waals surface area (Å²) in [7, 11) is 0. The topological polar surface area (TPSA) is 54.0 Å². The van der Waals surface area contributed by atoms with E-state index in [-0.39, 0.29) is 12.5 Å². The van der Waals surface area contributed by atoms with E-state index < -0.39 is 0 Å². The van der Waals surface area contributed by atoms with Crippen molar-refractivity contribution in [1.29, 1.82) is 0 Å². The third-order valence-corrected chi connectivity index (χ3v) is 3.27. The van der Waals surface area contributed by atoms with Crippen LogP contribution in [0, 0.1) is 0 Å². The highest BCUT2D eigenvalue weighted by Gasteiger charge is 2.02. The van der Waals surface area contributed by atoms with E-state index in [0.29, 0.717) is 12.5 Å². The number of carbonyl (C=O) groups is 1. The van der Waals surface area contributed by atoms with Gasteiger partial charge in [-0.3, -0.25) is 9.78 Å². The van der Waals surface area contributed by atoms with Crippen LogP contribution in [0.5, 0.6) is 0 Å². The molecule has 0 saturated carbocycles. The first-order valence-corrected chi connectivity index (χ1v) is 7.14. The molecule has 2 aromatic rings. The van der Waals surface area contributed by atoms with Crippen LogP contribution in [0.15, 0.2) is 48.8 Å². The van der Waals surface area contributed by atoms with Gasteiger partial charge in [0.05, 0.1) is 6.54 Å². The lowest BCUT2D eigenvalue weighted by Crippen LogP contribution is -2.29. The van der Waals surface area contributed by atoms with Crippen LogP contribution >= 0.6 is 0 Å². The van der Waals surface area contributed by atoms with Crippen LogP contribution in [-0.4, -0.2) is 17.4 Å². The minimum absolute atomic E-state index is 0.0280. The van der Waals surface area contributed by atoms with Gasteiger partial charge in [-0.1, -0.05) is 26.0 Å². The Balaban J connectivity index is 1.76. The number of anilines is 1. The summed E-state index contributed by atoms with van der Waals surface area (Å²) in [6, 6.07) is 12.0. The lowest BCUT2D eigenvalue weighted by atomic mass is 10.0. The first kappa shape index (κ1) is 15.0. The molecule has 21 heavy (non-hydrogen) atoms. The molecule has 1 aromatic carbocycles. The highest BCUT2D eigenvalue weighted by molar-refractivity contribution is 5.80. The second kappa shape index (κ2) is 7.43. The summed E-state index contributed by atoms with van der Waals surface area (Å²) in [5.74, 6) is 0.488. The molecule has 0 fully saturated rings. The predicted octanol–water partition coefficient (Wildman–Crippen LogP) is 2.93. The number of hydrogen-bond acceptors (Lipinski definition) is 3. The van der Waals surface area contributed by atoms with Crippen LogP contribution < -0.4 is 10.6 Å². The molecule has 4 nitrogen and oxygen atoms in total. The molecule has 0 aliphatic heterocycles. The number of nitrogens with zero attached hydrogens (tertiary/aromatic N) is 1. The normalized spacial score (nSPS) is 10.4. The van der Waals surface area contributed by atoms with E-state index in [1.54, 1.807) is 12.4 Å². The quantitative estimate of drug-likeness (QED) is 0.857. The second-order valence-corrected chi connectivity index (χ2v) is 5.26. The van der Waals surface area contributed by atoms with Gasteiger partial charge in [0.1, 0.15) is 0 Å². The Bertz CT molecular complexity index is 564. The van der Waals surface area contributed by atoms with Crippen molar-refractivity contribution < 1.29 is 4.79 Å². The zero-order valence-electron chi connectivity index (χ0n) is 12.5. The van der Waals surface area contributed by atoms with Gasteiger partial charge in [-0.25, -0.2) is 0 Å². The monoisotopic (exact) mass is 283 g/mol. The molecule has 0 bridgehead atoms. The molecule has 110 valence electrons. The molecule has 1 amide bonds. The molecule has 0 atom stereocenters. The van der Waals surface area contributed by atoms with Crippen molar-refractivity contribution >= 4 is 11.6 Å². The standard InChI is InChI=1S/C17H21N3O/c1-13(2)15-3-5-16(6-4-15)19-12-17(21)20-11-14-7-9-18-10-8-14/h3-10,13,19H,11-12H2,1-2H3,(H,20,21). The number of pyridine rings is 1. The summed E-state index contributed by atoms with van der Waals surface area (Å²) in [6.45, 7) is 5.12. The maximum Gasteiger partial charge on any atom is 0.239 e. The average molecular weight is 283 g/mol. The summed E-state index contributed by atoms with van der Waals surface area (Å²) in [6.07, 6.45) is 3.44. The summed E-state index contributed by atoms with van der Waals surface area (Å²) < 4.78 is 0. The van der Waals surface area contributed by atoms with Crippen LogP contribution in [0.4, 0.5) is 5.69 Å². The van der Waals surface area contributed by atoms with Gasteiger partial charge in [-0.05, 0) is 41.3 Å². The fourth-order valence-corrected chi connectivity index (χ4v) is 1.93. The van der Waals surface area contributed by atoms with Crippen molar-refractivity contribution in [3.05, 3.63) is 59.9 Å². The van der Waals surface area contributed by atoms with Crippen LogP contribution in [0.25, 0.3) is 0 Å². The molecule has 0 saturated heterocycles. The largest absolute Gasteiger partial charge is 0.376 e. The van der Waals surface area contributed by atoms with E-state index >= 15 is 0 Å². The Hall–Kier alpha value is -2.36. The molecule has 0 spiro atoms. The van der Waals surface area contributed by atoms with Crippen LogP contribution in [-0.2, 0) is 11.3 Å². The molecular formula is C17H21N3O. The van der Waals surface area contributed by atoms with Crippen LogP contribution in [0.1, 0.15) is 30.9 Å². The number of rotatable bonds is 6. The van der Waals surface area contributed by atoms with Gasteiger partial charge in [0.2, 0.25) is 5.91 Å². The molecule has 0 aliphatic rings. The Morgan fingerprint density at radius 1 is 1.10 bits per heavy atom. The van der Waals surface area contributed by atoms with E-state index in [9.17, 15) is 4.79 Å². The van der Waals surface area contributed by atoms with Gasteiger partial charge >= 0.3 is 0 Å². The first-order valence-electron chi connectivity index (χ1n) is 7.14. The smallest absolute Gasteiger partial charge is 0.239 e. The third-order valence-electron chi connectivity index (χ3n) is 3.27. The molecule has 0 radical (unpaired) electrons. The molecule has 0 unspecified atom stereocenters. The molecule has 1 heterocycles. The van der Waals surface area contributed by atoms with Gasteiger partial charge in [-0.2, -0.15) is 0 Å². The van der Waals surface area contributed by atoms with Crippen molar-refractivity contribution in [2.24, 2.45) is 0 Å². The fourth-order valence-electron chi connectivity index (χ4n) is 1.93. The van der Waals surface area contributed by atoms with Crippen molar-refractivity contribution in [2.45, 2.75) is 26.3 Å². The van der Waals surface area contributed by atoms with Gasteiger partial charge in [0.25, 0.3) is 0 Å². The minimum Gasteiger partial charge on any atom is -0.376 e. The Morgan fingerprint density at radius 2 is 1.76 bits per heavy atom. The molecule has 0 aliphatic carbocycles. The van der Waals surface area contributed by atoms with Gasteiger partial charge in [-0.15, -0.1) is 0 Å². The van der Waals surface area contributed by atoms with Crippen molar-refractivity contribution in [3.8, 4) is 0 Å². The number of benzene rings is 1. The number of amides is 1. The summed E-state index contributed by atoms with van der Waals surface area (Å²) in [5.41, 5.74) is 3.29. The van der Waals surface area contributed by atoms with Gasteiger partial charge < -0.3 is 10.6 Å². The van der Waals surface area contributed by atoms with Crippen molar-refractivity contribution in [3.63, 3.8) is 0 Å². The first-order chi connectivity index (χ1) is 10.1. The molecule has 2 N–H and O–H groups in total. The van der Waals surface area contributed by atoms with E-state index in [0.717, 1.165) is 11.3 Å². The number of aromatic nitrogens is 1. The summed E-state index contributed by atoms with van der Waals surface area (Å²) in [5, 5.41) is 5.99. The van der Waals surface area contributed by atoms with Crippen molar-refractivity contribution in [2.75, 3.05) is 11.9 Å². The zero-order chi connectivity index (χ0) is 15.1. The SMILES string of the molecule is CC(C)c1ccc(NCC(=O)NCc2ccncc2)cc1. The maximum absolute atomic E-state index is 11.8. The summed E-state index contributed by atoms with van der Waals surface area (Å²) in [4.78, 5) is 15.7. The Kier molecular flexibility index (Phi) is 5.32. The average Bonchev–Trinajstić information content (AvgIpc) is 2.52. The number of carbonyl (C=O) groups excluding carboxylic acids is 1. The van der Waals surface area contributed by atoms with Crippen LogP contribution in [0.3, 0.4) is 0 Å². The zero-order valence-corrected chi connectivity index (χ0v) is 12.5. The van der Waals surface area contributed by atoms with Crippen molar-refractivity contribution in [1.82, 2.24) is 10.3 Å². The number of nitrogens with one attached hydrogen (secondary N) is 2. The fraction of sp³-hybridized carbons (Fsp3) is 0.294. The highest BCUT2D eigenvalue weighted by Crippen LogP contribution is 2.16. The van der Waals surface area contributed by atoms with E-state index in [2.05, 4.69) is 41.6 Å². The molecule has 4 heteroatoms. The maximum atomic E-state index is 11.8. The predicted molar refractivity (Wildman–Crippen MR) is 85.1 cm³/mol.